The van der Waals surface area contributed by atoms with Crippen LogP contribution in [-0.2, 0) is 9.53 Å². The fraction of sp³-hybridized carbons (Fsp3) is 0.188. The maximum Gasteiger partial charge on any atom is 0.334 e. The van der Waals surface area contributed by atoms with Crippen molar-refractivity contribution in [3.63, 3.8) is 0 Å². The molecule has 0 heterocycles. The maximum absolute atomic E-state index is 12.5. The van der Waals surface area contributed by atoms with Crippen molar-refractivity contribution >= 4 is 33.5 Å². The molecule has 6 heteroatoms. The summed E-state index contributed by atoms with van der Waals surface area (Å²) in [4.78, 5) is 36.2. The molecule has 1 atom stereocenters. The number of carboxylic acids is 1. The summed E-state index contributed by atoms with van der Waals surface area (Å²) in [6.07, 6.45) is 0.474. The molecule has 0 fully saturated rings. The van der Waals surface area contributed by atoms with Crippen molar-refractivity contribution in [3.8, 4) is 0 Å². The summed E-state index contributed by atoms with van der Waals surface area (Å²) in [5, 5.41) is 9.26. The van der Waals surface area contributed by atoms with E-state index >= 15 is 0 Å². The summed E-state index contributed by atoms with van der Waals surface area (Å²) in [6, 6.07) is 6.43. The molecule has 0 radical (unpaired) electrons. The molecule has 114 valence electrons. The molecule has 1 aromatic rings. The summed E-state index contributed by atoms with van der Waals surface area (Å²) in [5.41, 5.74) is 0.477. The number of carboxylic acid groups (broad SMARTS) is 1. The Morgan fingerprint density at radius 2 is 1.77 bits per heavy atom. The fourth-order valence-electron chi connectivity index (χ4n) is 2.13. The van der Waals surface area contributed by atoms with Gasteiger partial charge in [-0.2, -0.15) is 0 Å². The molecule has 0 aliphatic heterocycles. The van der Waals surface area contributed by atoms with Crippen molar-refractivity contribution in [1.82, 2.24) is 0 Å². The highest BCUT2D eigenvalue weighted by Gasteiger charge is 2.31. The monoisotopic (exact) mass is 364 g/mol. The molecular formula is C16H13BrO5. The lowest BCUT2D eigenvalue weighted by molar-refractivity contribution is -0.133. The summed E-state index contributed by atoms with van der Waals surface area (Å²) in [7, 11) is 1.37. The minimum absolute atomic E-state index is 0.0185. The summed E-state index contributed by atoms with van der Waals surface area (Å²) in [5.74, 6) is -1.96. The van der Waals surface area contributed by atoms with Gasteiger partial charge in [-0.3, -0.25) is 9.59 Å². The van der Waals surface area contributed by atoms with Crippen LogP contribution in [0.2, 0.25) is 0 Å². The normalized spacial score (nSPS) is 16.6. The zero-order valence-corrected chi connectivity index (χ0v) is 13.5. The Labute approximate surface area is 135 Å². The molecule has 1 aliphatic carbocycles. The number of allylic oxidation sites excluding steroid dienone is 3. The van der Waals surface area contributed by atoms with Gasteiger partial charge in [-0.05, 0) is 28.9 Å². The van der Waals surface area contributed by atoms with E-state index in [0.29, 0.717) is 5.56 Å². The predicted molar refractivity (Wildman–Crippen MR) is 83.2 cm³/mol. The first-order valence-electron chi connectivity index (χ1n) is 6.44. The number of benzene rings is 1. The number of carbonyl (C=O) groups is 3. The van der Waals surface area contributed by atoms with Gasteiger partial charge >= 0.3 is 5.97 Å². The minimum Gasteiger partial charge on any atom is -0.478 e. The average Bonchev–Trinajstić information content (AvgIpc) is 2.52. The molecule has 2 rings (SSSR count). The third-order valence-corrected chi connectivity index (χ3v) is 4.22. The van der Waals surface area contributed by atoms with Crippen molar-refractivity contribution in [1.29, 1.82) is 0 Å². The average molecular weight is 365 g/mol. The third kappa shape index (κ3) is 2.80. The molecule has 0 bridgehead atoms. The SMILES string of the molecule is COC(C)/C(=C\C1=C(Br)C(=O)c2ccccc2C1=O)C(=O)O. The molecule has 0 spiro atoms. The standard InChI is InChI=1S/C16H13BrO5/c1-8(22-2)11(16(20)21)7-12-13(17)15(19)10-6-4-3-5-9(10)14(12)18/h3-8H,1-2H3,(H,20,21)/b11-7+. The van der Waals surface area contributed by atoms with Gasteiger partial charge in [0.2, 0.25) is 5.78 Å². The first kappa shape index (κ1) is 16.3. The zero-order valence-electron chi connectivity index (χ0n) is 11.9. The number of ether oxygens (including phenoxy) is 1. The van der Waals surface area contributed by atoms with Crippen molar-refractivity contribution in [2.24, 2.45) is 0 Å². The Morgan fingerprint density at radius 1 is 1.23 bits per heavy atom. The van der Waals surface area contributed by atoms with Crippen LogP contribution in [0.25, 0.3) is 0 Å². The summed E-state index contributed by atoms with van der Waals surface area (Å²) in [6.45, 7) is 1.55. The van der Waals surface area contributed by atoms with Crippen LogP contribution in [0.4, 0.5) is 0 Å². The highest BCUT2D eigenvalue weighted by molar-refractivity contribution is 9.12. The van der Waals surface area contributed by atoms with Crippen LogP contribution in [0.5, 0.6) is 0 Å². The highest BCUT2D eigenvalue weighted by Crippen LogP contribution is 2.31. The van der Waals surface area contributed by atoms with Gasteiger partial charge in [0.05, 0.1) is 16.2 Å². The number of hydrogen-bond acceptors (Lipinski definition) is 4. The van der Waals surface area contributed by atoms with Crippen molar-refractivity contribution in [2.45, 2.75) is 13.0 Å². The number of methoxy groups -OCH3 is 1. The topological polar surface area (TPSA) is 80.7 Å². The first-order valence-corrected chi connectivity index (χ1v) is 7.23. The number of ketones is 2. The van der Waals surface area contributed by atoms with Gasteiger partial charge in [-0.15, -0.1) is 0 Å². The smallest absolute Gasteiger partial charge is 0.334 e. The third-order valence-electron chi connectivity index (χ3n) is 3.44. The quantitative estimate of drug-likeness (QED) is 0.830. The summed E-state index contributed by atoms with van der Waals surface area (Å²) >= 11 is 3.11. The van der Waals surface area contributed by atoms with E-state index in [9.17, 15) is 19.5 Å². The van der Waals surface area contributed by atoms with E-state index in [2.05, 4.69) is 15.9 Å². The number of halogens is 1. The largest absolute Gasteiger partial charge is 0.478 e. The molecule has 1 aliphatic rings. The van der Waals surface area contributed by atoms with Gasteiger partial charge in [0.15, 0.2) is 5.78 Å². The molecule has 1 N–H and O–H groups in total. The second kappa shape index (κ2) is 6.37. The lowest BCUT2D eigenvalue weighted by atomic mass is 9.88. The predicted octanol–water partition coefficient (Wildman–Crippen LogP) is 2.76. The van der Waals surface area contributed by atoms with Crippen molar-refractivity contribution in [2.75, 3.05) is 7.11 Å². The van der Waals surface area contributed by atoms with Crippen molar-refractivity contribution < 1.29 is 24.2 Å². The van der Waals surface area contributed by atoms with E-state index in [-0.39, 0.29) is 27.0 Å². The van der Waals surface area contributed by atoms with Crippen molar-refractivity contribution in [3.05, 3.63) is 57.1 Å². The van der Waals surface area contributed by atoms with Gasteiger partial charge in [0, 0.05) is 23.8 Å². The zero-order chi connectivity index (χ0) is 16.4. The van der Waals surface area contributed by atoms with Crippen LogP contribution in [0.3, 0.4) is 0 Å². The molecule has 0 saturated heterocycles. The second-order valence-corrected chi connectivity index (χ2v) is 5.51. The van der Waals surface area contributed by atoms with Crippen LogP contribution >= 0.6 is 15.9 Å². The Bertz CT molecular complexity index is 730. The Balaban J connectivity index is 2.60. The van der Waals surface area contributed by atoms with Crippen LogP contribution in [0, 0.1) is 0 Å². The molecular weight excluding hydrogens is 352 g/mol. The van der Waals surface area contributed by atoms with E-state index in [1.807, 2.05) is 0 Å². The van der Waals surface area contributed by atoms with E-state index in [4.69, 9.17) is 4.74 Å². The van der Waals surface area contributed by atoms with Gasteiger partial charge in [-0.25, -0.2) is 4.79 Å². The Morgan fingerprint density at radius 3 is 2.27 bits per heavy atom. The lowest BCUT2D eigenvalue weighted by Crippen LogP contribution is -2.22. The number of Topliss-reactive ketones (excluding diaryl/α,β-unsaturated/α-hetero) is 2. The molecule has 5 nitrogen and oxygen atoms in total. The molecule has 1 unspecified atom stereocenters. The fourth-order valence-corrected chi connectivity index (χ4v) is 2.64. The summed E-state index contributed by atoms with van der Waals surface area (Å²) < 4.78 is 5.05. The number of fused-ring (bicyclic) bond motifs is 1. The number of rotatable bonds is 4. The van der Waals surface area contributed by atoms with E-state index in [1.165, 1.54) is 13.2 Å². The second-order valence-electron chi connectivity index (χ2n) is 4.71. The number of carbonyl (C=O) groups excluding carboxylic acids is 2. The Hall–Kier alpha value is -2.05. The van der Waals surface area contributed by atoms with Gasteiger partial charge < -0.3 is 9.84 Å². The number of aliphatic carboxylic acids is 1. The number of hydrogen-bond donors (Lipinski definition) is 1. The van der Waals surface area contributed by atoms with E-state index < -0.39 is 17.9 Å². The van der Waals surface area contributed by atoms with Crippen LogP contribution < -0.4 is 0 Å². The van der Waals surface area contributed by atoms with Gasteiger partial charge in [-0.1, -0.05) is 24.3 Å². The van der Waals surface area contributed by atoms with E-state index in [0.717, 1.165) is 0 Å². The maximum atomic E-state index is 12.5. The highest BCUT2D eigenvalue weighted by atomic mass is 79.9. The van der Waals surface area contributed by atoms with Gasteiger partial charge in [0.1, 0.15) is 0 Å². The Kier molecular flexibility index (Phi) is 4.73. The molecule has 0 amide bonds. The molecule has 22 heavy (non-hydrogen) atoms. The van der Waals surface area contributed by atoms with E-state index in [1.54, 1.807) is 31.2 Å². The minimum atomic E-state index is -1.21. The lowest BCUT2D eigenvalue weighted by Gasteiger charge is -2.17. The molecule has 0 aromatic heterocycles. The van der Waals surface area contributed by atoms with Crippen LogP contribution in [-0.4, -0.2) is 35.9 Å². The molecule has 1 aromatic carbocycles. The first-order chi connectivity index (χ1) is 10.4. The molecule has 0 saturated carbocycles. The van der Waals surface area contributed by atoms with Crippen LogP contribution in [0.1, 0.15) is 27.6 Å². The van der Waals surface area contributed by atoms with Gasteiger partial charge in [0.25, 0.3) is 0 Å². The van der Waals surface area contributed by atoms with Crippen LogP contribution in [0.15, 0.2) is 46.0 Å².